The van der Waals surface area contributed by atoms with E-state index in [1.807, 2.05) is 26.5 Å². The van der Waals surface area contributed by atoms with E-state index in [1.54, 1.807) is 16.8 Å². The lowest BCUT2D eigenvalue weighted by molar-refractivity contribution is 0.540. The Hall–Kier alpha value is -1.20. The molecule has 3 nitrogen and oxygen atoms in total. The zero-order chi connectivity index (χ0) is 13.8. The van der Waals surface area contributed by atoms with Gasteiger partial charge in [0.05, 0.1) is 6.20 Å². The van der Waals surface area contributed by atoms with Crippen LogP contribution in [0.25, 0.3) is 0 Å². The Balaban J connectivity index is 2.09. The van der Waals surface area contributed by atoms with Gasteiger partial charge in [0.2, 0.25) is 0 Å². The molecule has 0 amide bonds. The van der Waals surface area contributed by atoms with Gasteiger partial charge in [-0.3, -0.25) is 4.68 Å². The summed E-state index contributed by atoms with van der Waals surface area (Å²) in [5.74, 6) is -0.208. The van der Waals surface area contributed by atoms with Gasteiger partial charge >= 0.3 is 0 Å². The normalized spacial score (nSPS) is 12.6. The fraction of sp³-hybridized carbons (Fsp3) is 0.357. The molecule has 102 valence electrons. The molecule has 1 aromatic carbocycles. The SMILES string of the molecule is CNC(CCc1cnn(C)c1)c1cc(F)ccc1Br. The number of hydrogen-bond acceptors (Lipinski definition) is 2. The summed E-state index contributed by atoms with van der Waals surface area (Å²) >= 11 is 3.48. The lowest BCUT2D eigenvalue weighted by Gasteiger charge is -2.18. The van der Waals surface area contributed by atoms with E-state index in [1.165, 1.54) is 11.6 Å². The number of halogens is 2. The summed E-state index contributed by atoms with van der Waals surface area (Å²) in [6, 6.07) is 4.90. The van der Waals surface area contributed by atoms with Crippen LogP contribution in [-0.2, 0) is 13.5 Å². The maximum atomic E-state index is 13.3. The van der Waals surface area contributed by atoms with Gasteiger partial charge in [-0.25, -0.2) is 4.39 Å². The Morgan fingerprint density at radius 3 is 2.89 bits per heavy atom. The topological polar surface area (TPSA) is 29.9 Å². The van der Waals surface area contributed by atoms with Crippen molar-refractivity contribution in [2.45, 2.75) is 18.9 Å². The number of nitrogens with one attached hydrogen (secondary N) is 1. The molecule has 0 aliphatic carbocycles. The van der Waals surface area contributed by atoms with Gasteiger partial charge in [0.15, 0.2) is 0 Å². The molecule has 0 saturated carbocycles. The third kappa shape index (κ3) is 3.64. The fourth-order valence-corrected chi connectivity index (χ4v) is 2.67. The molecule has 0 bridgehead atoms. The van der Waals surface area contributed by atoms with E-state index in [-0.39, 0.29) is 11.9 Å². The van der Waals surface area contributed by atoms with Gasteiger partial charge < -0.3 is 5.32 Å². The first-order chi connectivity index (χ1) is 9.10. The van der Waals surface area contributed by atoms with Gasteiger partial charge in [-0.05, 0) is 49.2 Å². The van der Waals surface area contributed by atoms with E-state index in [9.17, 15) is 4.39 Å². The van der Waals surface area contributed by atoms with Crippen LogP contribution in [0.15, 0.2) is 35.1 Å². The average molecular weight is 326 g/mol. The van der Waals surface area contributed by atoms with Crippen LogP contribution in [0.2, 0.25) is 0 Å². The smallest absolute Gasteiger partial charge is 0.123 e. The Morgan fingerprint density at radius 2 is 2.26 bits per heavy atom. The molecular formula is C14H17BrFN3. The molecule has 0 fully saturated rings. The van der Waals surface area contributed by atoms with Crippen LogP contribution in [0.1, 0.15) is 23.6 Å². The Bertz CT molecular complexity index is 553. The summed E-state index contributed by atoms with van der Waals surface area (Å²) < 4.78 is 16.1. The minimum atomic E-state index is -0.208. The quantitative estimate of drug-likeness (QED) is 0.914. The predicted molar refractivity (Wildman–Crippen MR) is 77.4 cm³/mol. The van der Waals surface area contributed by atoms with Gasteiger partial charge in [0.1, 0.15) is 5.82 Å². The van der Waals surface area contributed by atoms with Crippen molar-refractivity contribution >= 4 is 15.9 Å². The largest absolute Gasteiger partial charge is 0.313 e. The summed E-state index contributed by atoms with van der Waals surface area (Å²) in [5.41, 5.74) is 2.14. The van der Waals surface area contributed by atoms with Crippen molar-refractivity contribution < 1.29 is 4.39 Å². The maximum Gasteiger partial charge on any atom is 0.123 e. The van der Waals surface area contributed by atoms with Crippen LogP contribution in [0.4, 0.5) is 4.39 Å². The molecule has 0 saturated heterocycles. The third-order valence-corrected chi connectivity index (χ3v) is 3.88. The zero-order valence-corrected chi connectivity index (χ0v) is 12.6. The van der Waals surface area contributed by atoms with Crippen molar-refractivity contribution in [1.29, 1.82) is 0 Å². The van der Waals surface area contributed by atoms with Gasteiger partial charge in [-0.1, -0.05) is 15.9 Å². The lowest BCUT2D eigenvalue weighted by Crippen LogP contribution is -2.17. The molecule has 2 rings (SSSR count). The predicted octanol–water partition coefficient (Wildman–Crippen LogP) is 3.22. The van der Waals surface area contributed by atoms with Crippen LogP contribution in [0.3, 0.4) is 0 Å². The minimum absolute atomic E-state index is 0.116. The van der Waals surface area contributed by atoms with Crippen molar-refractivity contribution in [1.82, 2.24) is 15.1 Å². The first-order valence-electron chi connectivity index (χ1n) is 6.20. The summed E-state index contributed by atoms with van der Waals surface area (Å²) in [4.78, 5) is 0. The monoisotopic (exact) mass is 325 g/mol. The minimum Gasteiger partial charge on any atom is -0.313 e. The highest BCUT2D eigenvalue weighted by molar-refractivity contribution is 9.10. The second kappa shape index (κ2) is 6.30. The highest BCUT2D eigenvalue weighted by Crippen LogP contribution is 2.27. The van der Waals surface area contributed by atoms with E-state index in [2.05, 4.69) is 26.3 Å². The van der Waals surface area contributed by atoms with Gasteiger partial charge in [-0.2, -0.15) is 5.10 Å². The zero-order valence-electron chi connectivity index (χ0n) is 11.0. The molecule has 5 heteroatoms. The van der Waals surface area contributed by atoms with Crippen molar-refractivity contribution in [3.63, 3.8) is 0 Å². The van der Waals surface area contributed by atoms with Crippen LogP contribution >= 0.6 is 15.9 Å². The molecule has 0 aliphatic rings. The molecule has 1 aromatic heterocycles. The Morgan fingerprint density at radius 1 is 1.47 bits per heavy atom. The lowest BCUT2D eigenvalue weighted by atomic mass is 10.0. The van der Waals surface area contributed by atoms with Gasteiger partial charge in [0.25, 0.3) is 0 Å². The highest BCUT2D eigenvalue weighted by atomic mass is 79.9. The van der Waals surface area contributed by atoms with E-state index in [0.29, 0.717) is 0 Å². The summed E-state index contributed by atoms with van der Waals surface area (Å²) in [6.45, 7) is 0. The maximum absolute atomic E-state index is 13.3. The van der Waals surface area contributed by atoms with Crippen LogP contribution in [0.5, 0.6) is 0 Å². The number of rotatable bonds is 5. The van der Waals surface area contributed by atoms with Crippen LogP contribution in [-0.4, -0.2) is 16.8 Å². The number of nitrogens with zero attached hydrogens (tertiary/aromatic N) is 2. The summed E-state index contributed by atoms with van der Waals surface area (Å²) in [5, 5.41) is 7.39. The van der Waals surface area contributed by atoms with E-state index in [0.717, 1.165) is 22.9 Å². The number of hydrogen-bond donors (Lipinski definition) is 1. The van der Waals surface area contributed by atoms with Gasteiger partial charge in [-0.15, -0.1) is 0 Å². The van der Waals surface area contributed by atoms with Crippen molar-refractivity contribution in [3.05, 3.63) is 52.0 Å². The van der Waals surface area contributed by atoms with E-state index >= 15 is 0 Å². The number of aromatic nitrogens is 2. The van der Waals surface area contributed by atoms with Crippen LogP contribution < -0.4 is 5.32 Å². The first kappa shape index (κ1) is 14.2. The first-order valence-corrected chi connectivity index (χ1v) is 6.99. The second-order valence-corrected chi connectivity index (χ2v) is 5.42. The molecular weight excluding hydrogens is 309 g/mol. The molecule has 0 aliphatic heterocycles. The van der Waals surface area contributed by atoms with Crippen molar-refractivity contribution in [2.24, 2.45) is 7.05 Å². The number of benzene rings is 1. The van der Waals surface area contributed by atoms with Crippen molar-refractivity contribution in [3.8, 4) is 0 Å². The third-order valence-electron chi connectivity index (χ3n) is 3.16. The molecule has 1 unspecified atom stereocenters. The summed E-state index contributed by atoms with van der Waals surface area (Å²) in [6.07, 6.45) is 5.67. The summed E-state index contributed by atoms with van der Waals surface area (Å²) in [7, 11) is 3.80. The Labute approximate surface area is 121 Å². The molecule has 0 radical (unpaired) electrons. The standard InChI is InChI=1S/C14H17BrFN3/c1-17-14(6-3-10-8-18-19(2)9-10)12-7-11(16)4-5-13(12)15/h4-5,7-9,14,17H,3,6H2,1-2H3. The second-order valence-electron chi connectivity index (χ2n) is 4.57. The Kier molecular flexibility index (Phi) is 4.71. The highest BCUT2D eigenvalue weighted by Gasteiger charge is 2.14. The number of aryl methyl sites for hydroxylation is 2. The van der Waals surface area contributed by atoms with E-state index < -0.39 is 0 Å². The van der Waals surface area contributed by atoms with E-state index in [4.69, 9.17) is 0 Å². The average Bonchev–Trinajstić information content (AvgIpc) is 2.80. The molecule has 1 N–H and O–H groups in total. The van der Waals surface area contributed by atoms with Gasteiger partial charge in [0, 0.05) is 23.8 Å². The molecule has 1 atom stereocenters. The molecule has 19 heavy (non-hydrogen) atoms. The molecule has 0 spiro atoms. The van der Waals surface area contributed by atoms with Crippen LogP contribution in [0, 0.1) is 5.82 Å². The molecule has 2 aromatic rings. The molecule has 1 heterocycles. The fourth-order valence-electron chi connectivity index (χ4n) is 2.15. The van der Waals surface area contributed by atoms with Crippen molar-refractivity contribution in [2.75, 3.05) is 7.05 Å².